The van der Waals surface area contributed by atoms with Gasteiger partial charge in [0.05, 0.1) is 5.54 Å². The predicted octanol–water partition coefficient (Wildman–Crippen LogP) is 2.50. The van der Waals surface area contributed by atoms with Gasteiger partial charge in [-0.15, -0.1) is 0 Å². The lowest BCUT2D eigenvalue weighted by molar-refractivity contribution is -0.0885. The zero-order valence-electron chi connectivity index (χ0n) is 13.1. The van der Waals surface area contributed by atoms with Crippen molar-refractivity contribution in [2.75, 3.05) is 26.2 Å². The van der Waals surface area contributed by atoms with Crippen LogP contribution in [0.25, 0.3) is 0 Å². The van der Waals surface area contributed by atoms with Gasteiger partial charge in [-0.3, -0.25) is 4.90 Å². The van der Waals surface area contributed by atoms with Crippen LogP contribution in [0.3, 0.4) is 0 Å². The number of amides is 1. The maximum atomic E-state index is 11.5. The fourth-order valence-corrected chi connectivity index (χ4v) is 2.77. The van der Waals surface area contributed by atoms with Crippen molar-refractivity contribution in [3.05, 3.63) is 35.9 Å². The third kappa shape index (κ3) is 4.19. The van der Waals surface area contributed by atoms with Crippen molar-refractivity contribution in [3.63, 3.8) is 0 Å². The Morgan fingerprint density at radius 2 is 1.71 bits per heavy atom. The summed E-state index contributed by atoms with van der Waals surface area (Å²) in [5.74, 6) is 0. The fraction of sp³-hybridized carbons (Fsp3) is 0.562. The van der Waals surface area contributed by atoms with Gasteiger partial charge in [0.25, 0.3) is 0 Å². The van der Waals surface area contributed by atoms with Gasteiger partial charge in [-0.1, -0.05) is 30.3 Å². The smallest absolute Gasteiger partial charge is 0.422 e. The van der Waals surface area contributed by atoms with E-state index >= 15 is 0 Å². The number of hydrazine groups is 1. The summed E-state index contributed by atoms with van der Waals surface area (Å²) in [6.45, 7) is 9.97. The van der Waals surface area contributed by atoms with Crippen molar-refractivity contribution in [2.24, 2.45) is 0 Å². The third-order valence-electron chi connectivity index (χ3n) is 3.70. The van der Waals surface area contributed by atoms with Crippen LogP contribution in [-0.4, -0.2) is 57.8 Å². The van der Waals surface area contributed by atoms with E-state index in [2.05, 4.69) is 29.2 Å². The lowest BCUT2D eigenvalue weighted by Crippen LogP contribution is -2.60. The molecule has 0 saturated carbocycles. The number of hydrogen-bond donors (Lipinski definition) is 1. The van der Waals surface area contributed by atoms with Crippen molar-refractivity contribution in [3.8, 4) is 0 Å². The summed E-state index contributed by atoms with van der Waals surface area (Å²) in [5, 5.41) is 12.8. The van der Waals surface area contributed by atoms with Crippen LogP contribution in [0.2, 0.25) is 0 Å². The molecule has 1 amide bonds. The van der Waals surface area contributed by atoms with Gasteiger partial charge in [-0.05, 0) is 26.3 Å². The molecule has 0 unspecified atom stereocenters. The van der Waals surface area contributed by atoms with Gasteiger partial charge in [0.1, 0.15) is 0 Å². The third-order valence-corrected chi connectivity index (χ3v) is 3.70. The molecular weight excluding hydrogens is 266 g/mol. The van der Waals surface area contributed by atoms with E-state index in [9.17, 15) is 9.90 Å². The first kappa shape index (κ1) is 15.8. The Morgan fingerprint density at radius 1 is 1.14 bits per heavy atom. The van der Waals surface area contributed by atoms with Crippen LogP contribution in [0.15, 0.2) is 30.3 Å². The number of nitrogens with zero attached hydrogens (tertiary/aromatic N) is 3. The normalized spacial score (nSPS) is 17.7. The Bertz CT molecular complexity index is 462. The Morgan fingerprint density at radius 3 is 2.19 bits per heavy atom. The predicted molar refractivity (Wildman–Crippen MR) is 82.9 cm³/mol. The summed E-state index contributed by atoms with van der Waals surface area (Å²) in [4.78, 5) is 13.9. The Labute approximate surface area is 126 Å². The molecule has 1 saturated heterocycles. The number of benzene rings is 1. The van der Waals surface area contributed by atoms with E-state index in [0.29, 0.717) is 0 Å². The Kier molecular flexibility index (Phi) is 4.85. The summed E-state index contributed by atoms with van der Waals surface area (Å²) in [6, 6.07) is 10.4. The molecule has 1 aliphatic rings. The molecule has 21 heavy (non-hydrogen) atoms. The Balaban J connectivity index is 1.92. The summed E-state index contributed by atoms with van der Waals surface area (Å²) in [6.07, 6.45) is -0.876. The van der Waals surface area contributed by atoms with E-state index in [0.717, 1.165) is 32.7 Å². The van der Waals surface area contributed by atoms with E-state index < -0.39 is 11.6 Å². The standard InChI is InChI=1S/C16H25N3O2/c1-16(2,3)19(15(20)21)18-11-9-17(10-12-18)13-14-7-5-4-6-8-14/h4-8H,9-13H2,1-3H3,(H,20,21). The van der Waals surface area contributed by atoms with E-state index in [-0.39, 0.29) is 0 Å². The number of rotatable bonds is 3. The number of carboxylic acid groups (broad SMARTS) is 1. The minimum Gasteiger partial charge on any atom is -0.464 e. The van der Waals surface area contributed by atoms with Gasteiger partial charge in [0, 0.05) is 32.7 Å². The zero-order valence-corrected chi connectivity index (χ0v) is 13.1. The van der Waals surface area contributed by atoms with Crippen LogP contribution < -0.4 is 0 Å². The van der Waals surface area contributed by atoms with Gasteiger partial charge in [-0.2, -0.15) is 0 Å². The summed E-state index contributed by atoms with van der Waals surface area (Å²) >= 11 is 0. The summed E-state index contributed by atoms with van der Waals surface area (Å²) in [5.41, 5.74) is 0.893. The van der Waals surface area contributed by atoms with E-state index in [4.69, 9.17) is 0 Å². The highest BCUT2D eigenvalue weighted by atomic mass is 16.4. The number of hydrogen-bond acceptors (Lipinski definition) is 3. The average molecular weight is 291 g/mol. The molecule has 1 N–H and O–H groups in total. The van der Waals surface area contributed by atoms with Gasteiger partial charge in [0.15, 0.2) is 0 Å². The van der Waals surface area contributed by atoms with Crippen molar-refractivity contribution in [1.82, 2.24) is 14.9 Å². The molecule has 0 radical (unpaired) electrons. The molecule has 0 aliphatic carbocycles. The van der Waals surface area contributed by atoms with E-state index in [1.165, 1.54) is 10.6 Å². The van der Waals surface area contributed by atoms with Crippen LogP contribution in [0.5, 0.6) is 0 Å². The van der Waals surface area contributed by atoms with Gasteiger partial charge in [-0.25, -0.2) is 14.8 Å². The molecule has 2 rings (SSSR count). The molecule has 1 aromatic carbocycles. The van der Waals surface area contributed by atoms with E-state index in [1.54, 1.807) is 0 Å². The van der Waals surface area contributed by atoms with Crippen molar-refractivity contribution in [2.45, 2.75) is 32.9 Å². The lowest BCUT2D eigenvalue weighted by Gasteiger charge is -2.45. The van der Waals surface area contributed by atoms with Gasteiger partial charge in [0.2, 0.25) is 0 Å². The molecular formula is C16H25N3O2. The van der Waals surface area contributed by atoms with Crippen molar-refractivity contribution >= 4 is 6.09 Å². The van der Waals surface area contributed by atoms with Crippen LogP contribution in [-0.2, 0) is 6.54 Å². The highest BCUT2D eigenvalue weighted by Crippen LogP contribution is 2.19. The SMILES string of the molecule is CC(C)(C)N(C(=O)O)N1CCN(Cc2ccccc2)CC1. The van der Waals surface area contributed by atoms with Crippen LogP contribution >= 0.6 is 0 Å². The molecule has 1 fully saturated rings. The second-order valence-corrected chi connectivity index (χ2v) is 6.48. The second kappa shape index (κ2) is 6.45. The van der Waals surface area contributed by atoms with Crippen LogP contribution in [0.4, 0.5) is 4.79 Å². The molecule has 116 valence electrons. The topological polar surface area (TPSA) is 47.0 Å². The molecule has 0 bridgehead atoms. The maximum absolute atomic E-state index is 11.5. The molecule has 0 aromatic heterocycles. The van der Waals surface area contributed by atoms with Gasteiger partial charge < -0.3 is 5.11 Å². The fourth-order valence-electron chi connectivity index (χ4n) is 2.77. The molecule has 0 spiro atoms. The Hall–Kier alpha value is -1.59. The largest absolute Gasteiger partial charge is 0.464 e. The number of carbonyl (C=O) groups is 1. The minimum absolute atomic E-state index is 0.409. The summed E-state index contributed by atoms with van der Waals surface area (Å²) < 4.78 is 0. The quantitative estimate of drug-likeness (QED) is 0.929. The zero-order chi connectivity index (χ0) is 15.5. The monoisotopic (exact) mass is 291 g/mol. The maximum Gasteiger partial charge on any atom is 0.422 e. The van der Waals surface area contributed by atoms with Crippen LogP contribution in [0, 0.1) is 0 Å². The highest BCUT2D eigenvalue weighted by molar-refractivity contribution is 5.65. The number of piperazine rings is 1. The molecule has 5 nitrogen and oxygen atoms in total. The first-order valence-corrected chi connectivity index (χ1v) is 7.42. The second-order valence-electron chi connectivity index (χ2n) is 6.48. The lowest BCUT2D eigenvalue weighted by atomic mass is 10.1. The molecule has 1 aromatic rings. The van der Waals surface area contributed by atoms with Crippen LogP contribution in [0.1, 0.15) is 26.3 Å². The summed E-state index contributed by atoms with van der Waals surface area (Å²) in [7, 11) is 0. The molecule has 1 heterocycles. The average Bonchev–Trinajstić information content (AvgIpc) is 2.40. The molecule has 0 atom stereocenters. The minimum atomic E-state index is -0.876. The van der Waals surface area contributed by atoms with E-state index in [1.807, 2.05) is 31.8 Å². The van der Waals surface area contributed by atoms with Crippen molar-refractivity contribution < 1.29 is 9.90 Å². The van der Waals surface area contributed by atoms with Gasteiger partial charge >= 0.3 is 6.09 Å². The first-order chi connectivity index (χ1) is 9.88. The molecule has 1 aliphatic heterocycles. The molecule has 5 heteroatoms. The highest BCUT2D eigenvalue weighted by Gasteiger charge is 2.33. The van der Waals surface area contributed by atoms with Crippen molar-refractivity contribution in [1.29, 1.82) is 0 Å². The first-order valence-electron chi connectivity index (χ1n) is 7.42.